The van der Waals surface area contributed by atoms with Gasteiger partial charge >= 0.3 is 0 Å². The number of benzene rings is 1. The number of fused-ring (bicyclic) bond motifs is 1. The SMILES string of the molecule is Cl.N#Cc1nc(NCCc2ccccc2Cl)c2c(n1)OCCC2. The first kappa shape index (κ1) is 17.3. The van der Waals surface area contributed by atoms with Gasteiger partial charge in [0, 0.05) is 11.6 Å². The third-order valence-electron chi connectivity index (χ3n) is 3.52. The fourth-order valence-electron chi connectivity index (χ4n) is 2.44. The Balaban J connectivity index is 0.00000192. The number of hydrogen-bond donors (Lipinski definition) is 1. The zero-order valence-corrected chi connectivity index (χ0v) is 14.0. The van der Waals surface area contributed by atoms with Crippen molar-refractivity contribution in [3.63, 3.8) is 0 Å². The molecule has 1 aromatic heterocycles. The molecule has 0 aliphatic carbocycles. The Kier molecular flexibility index (Phi) is 6.03. The number of hydrogen-bond acceptors (Lipinski definition) is 5. The van der Waals surface area contributed by atoms with E-state index < -0.39 is 0 Å². The lowest BCUT2D eigenvalue weighted by Gasteiger charge is -2.19. The topological polar surface area (TPSA) is 70.8 Å². The smallest absolute Gasteiger partial charge is 0.237 e. The number of nitrogens with zero attached hydrogens (tertiary/aromatic N) is 3. The molecule has 1 aliphatic heterocycles. The number of anilines is 1. The molecule has 1 aliphatic rings. The monoisotopic (exact) mass is 350 g/mol. The third kappa shape index (κ3) is 4.04. The van der Waals surface area contributed by atoms with E-state index in [0.717, 1.165) is 35.4 Å². The zero-order valence-electron chi connectivity index (χ0n) is 12.4. The minimum absolute atomic E-state index is 0. The molecular formula is C16H16Cl2N4O. The van der Waals surface area contributed by atoms with Gasteiger partial charge in [0.2, 0.25) is 11.7 Å². The predicted octanol–water partition coefficient (Wildman–Crippen LogP) is 3.40. The lowest BCUT2D eigenvalue weighted by Crippen LogP contribution is -2.16. The summed E-state index contributed by atoms with van der Waals surface area (Å²) in [5.74, 6) is 1.34. The molecule has 0 spiro atoms. The molecule has 0 saturated heterocycles. The van der Waals surface area contributed by atoms with E-state index in [0.29, 0.717) is 24.8 Å². The molecule has 2 heterocycles. The normalized spacial score (nSPS) is 12.3. The van der Waals surface area contributed by atoms with E-state index in [1.807, 2.05) is 30.3 Å². The second kappa shape index (κ2) is 8.00. The summed E-state index contributed by atoms with van der Waals surface area (Å²) in [5, 5.41) is 13.1. The zero-order chi connectivity index (χ0) is 15.4. The molecule has 5 nitrogen and oxygen atoms in total. The first-order valence-electron chi connectivity index (χ1n) is 7.19. The van der Waals surface area contributed by atoms with Crippen LogP contribution in [0.1, 0.15) is 23.4 Å². The van der Waals surface area contributed by atoms with Crippen molar-refractivity contribution in [1.82, 2.24) is 9.97 Å². The highest BCUT2D eigenvalue weighted by Crippen LogP contribution is 2.28. The maximum Gasteiger partial charge on any atom is 0.237 e. The van der Waals surface area contributed by atoms with Gasteiger partial charge in [-0.15, -0.1) is 12.4 Å². The summed E-state index contributed by atoms with van der Waals surface area (Å²) in [6.07, 6.45) is 2.57. The Morgan fingerprint density at radius 2 is 2.13 bits per heavy atom. The number of rotatable bonds is 4. The highest BCUT2D eigenvalue weighted by molar-refractivity contribution is 6.31. The number of nitriles is 1. The maximum atomic E-state index is 9.03. The van der Waals surface area contributed by atoms with Crippen LogP contribution in [0.25, 0.3) is 0 Å². The van der Waals surface area contributed by atoms with E-state index >= 15 is 0 Å². The quantitative estimate of drug-likeness (QED) is 0.914. The molecule has 3 rings (SSSR count). The molecule has 0 fully saturated rings. The van der Waals surface area contributed by atoms with Crippen molar-refractivity contribution in [2.45, 2.75) is 19.3 Å². The highest BCUT2D eigenvalue weighted by Gasteiger charge is 2.19. The summed E-state index contributed by atoms with van der Waals surface area (Å²) >= 11 is 6.15. The predicted molar refractivity (Wildman–Crippen MR) is 91.5 cm³/mol. The molecule has 0 amide bonds. The van der Waals surface area contributed by atoms with Gasteiger partial charge in [-0.1, -0.05) is 29.8 Å². The van der Waals surface area contributed by atoms with Crippen LogP contribution in [-0.4, -0.2) is 23.1 Å². The van der Waals surface area contributed by atoms with Crippen molar-refractivity contribution in [3.8, 4) is 11.9 Å². The second-order valence-corrected chi connectivity index (χ2v) is 5.42. The number of aromatic nitrogens is 2. The van der Waals surface area contributed by atoms with Gasteiger partial charge in [0.25, 0.3) is 0 Å². The molecule has 7 heteroatoms. The maximum absolute atomic E-state index is 9.03. The van der Waals surface area contributed by atoms with Crippen LogP contribution < -0.4 is 10.1 Å². The van der Waals surface area contributed by atoms with Crippen LogP contribution in [0, 0.1) is 11.3 Å². The van der Waals surface area contributed by atoms with Crippen LogP contribution >= 0.6 is 24.0 Å². The van der Waals surface area contributed by atoms with E-state index in [1.165, 1.54) is 0 Å². The molecule has 23 heavy (non-hydrogen) atoms. The lowest BCUT2D eigenvalue weighted by atomic mass is 10.1. The largest absolute Gasteiger partial charge is 0.477 e. The Bertz CT molecular complexity index is 731. The first-order valence-corrected chi connectivity index (χ1v) is 7.57. The van der Waals surface area contributed by atoms with Crippen molar-refractivity contribution < 1.29 is 4.74 Å². The van der Waals surface area contributed by atoms with E-state index in [9.17, 15) is 0 Å². The summed E-state index contributed by atoms with van der Waals surface area (Å²) in [5.41, 5.74) is 2.03. The average Bonchev–Trinajstić information content (AvgIpc) is 2.56. The van der Waals surface area contributed by atoms with Crippen molar-refractivity contribution in [3.05, 3.63) is 46.2 Å². The standard InChI is InChI=1S/C16H15ClN4O.ClH/c17-13-6-2-1-4-11(13)7-8-19-15-12-5-3-9-22-16(12)21-14(10-18)20-15;/h1-2,4,6H,3,5,7-9H2,(H,19,20,21);1H. The molecule has 0 unspecified atom stereocenters. The van der Waals surface area contributed by atoms with Gasteiger partial charge in [-0.2, -0.15) is 10.2 Å². The minimum Gasteiger partial charge on any atom is -0.477 e. The Hall–Kier alpha value is -2.03. The summed E-state index contributed by atoms with van der Waals surface area (Å²) in [7, 11) is 0. The van der Waals surface area contributed by atoms with E-state index in [4.69, 9.17) is 21.6 Å². The van der Waals surface area contributed by atoms with Crippen molar-refractivity contribution in [2.75, 3.05) is 18.5 Å². The number of halogens is 2. The molecular weight excluding hydrogens is 335 g/mol. The summed E-state index contributed by atoms with van der Waals surface area (Å²) in [4.78, 5) is 8.38. The van der Waals surface area contributed by atoms with Crippen molar-refractivity contribution in [1.29, 1.82) is 5.26 Å². The van der Waals surface area contributed by atoms with Crippen LogP contribution in [0.5, 0.6) is 5.88 Å². The Labute approximate surface area is 146 Å². The Morgan fingerprint density at radius 3 is 2.91 bits per heavy atom. The molecule has 0 saturated carbocycles. The van der Waals surface area contributed by atoms with Crippen LogP contribution in [0.3, 0.4) is 0 Å². The summed E-state index contributed by atoms with van der Waals surface area (Å²) < 4.78 is 5.53. The van der Waals surface area contributed by atoms with E-state index in [1.54, 1.807) is 0 Å². The van der Waals surface area contributed by atoms with Crippen molar-refractivity contribution in [2.24, 2.45) is 0 Å². The fourth-order valence-corrected chi connectivity index (χ4v) is 2.67. The molecule has 0 radical (unpaired) electrons. The first-order chi connectivity index (χ1) is 10.8. The van der Waals surface area contributed by atoms with Gasteiger partial charge in [0.15, 0.2) is 0 Å². The second-order valence-electron chi connectivity index (χ2n) is 5.01. The van der Waals surface area contributed by atoms with Crippen molar-refractivity contribution >= 4 is 29.8 Å². The molecule has 2 aromatic rings. The van der Waals surface area contributed by atoms with Crippen LogP contribution in [-0.2, 0) is 12.8 Å². The Morgan fingerprint density at radius 1 is 1.30 bits per heavy atom. The van der Waals surface area contributed by atoms with Gasteiger partial charge in [-0.25, -0.2) is 4.98 Å². The fraction of sp³-hybridized carbons (Fsp3) is 0.312. The molecule has 120 valence electrons. The highest BCUT2D eigenvalue weighted by atomic mass is 35.5. The van der Waals surface area contributed by atoms with Gasteiger partial charge in [-0.3, -0.25) is 0 Å². The minimum atomic E-state index is 0. The molecule has 0 bridgehead atoms. The van der Waals surface area contributed by atoms with Crippen LogP contribution in [0.2, 0.25) is 5.02 Å². The van der Waals surface area contributed by atoms with Crippen LogP contribution in [0.4, 0.5) is 5.82 Å². The van der Waals surface area contributed by atoms with Gasteiger partial charge in [0.05, 0.1) is 12.2 Å². The third-order valence-corrected chi connectivity index (χ3v) is 3.89. The van der Waals surface area contributed by atoms with Gasteiger partial charge in [-0.05, 0) is 30.9 Å². The summed E-state index contributed by atoms with van der Waals surface area (Å²) in [6.45, 7) is 1.31. The lowest BCUT2D eigenvalue weighted by molar-refractivity contribution is 0.275. The average molecular weight is 351 g/mol. The summed E-state index contributed by atoms with van der Waals surface area (Å²) in [6, 6.07) is 9.74. The molecule has 1 aromatic carbocycles. The molecule has 1 N–H and O–H groups in total. The number of ether oxygens (including phenoxy) is 1. The van der Waals surface area contributed by atoms with Gasteiger partial charge in [0.1, 0.15) is 11.9 Å². The van der Waals surface area contributed by atoms with Crippen LogP contribution in [0.15, 0.2) is 24.3 Å². The number of nitrogens with one attached hydrogen (secondary N) is 1. The van der Waals surface area contributed by atoms with E-state index in [2.05, 4.69) is 15.3 Å². The van der Waals surface area contributed by atoms with E-state index in [-0.39, 0.29) is 18.2 Å². The van der Waals surface area contributed by atoms with Gasteiger partial charge < -0.3 is 10.1 Å². The molecule has 0 atom stereocenters.